The van der Waals surface area contributed by atoms with Crippen LogP contribution >= 0.6 is 0 Å². The fourth-order valence-corrected chi connectivity index (χ4v) is 2.86. The molecule has 154 valence electrons. The Labute approximate surface area is 176 Å². The first-order valence-electron chi connectivity index (χ1n) is 9.84. The van der Waals surface area contributed by atoms with Crippen LogP contribution in [-0.4, -0.2) is 28.8 Å². The second kappa shape index (κ2) is 11.5. The van der Waals surface area contributed by atoms with Crippen molar-refractivity contribution in [3.8, 4) is 11.1 Å². The van der Waals surface area contributed by atoms with Crippen molar-refractivity contribution in [2.24, 2.45) is 5.16 Å². The van der Waals surface area contributed by atoms with Crippen LogP contribution in [0.15, 0.2) is 78.2 Å². The SMILES string of the molecule is O=C(O)CCNCc1ccc(CC=NOCc2ccc(-c3cccnc3)cc2)cc1. The number of pyridine rings is 1. The number of nitrogens with one attached hydrogen (secondary N) is 1. The van der Waals surface area contributed by atoms with E-state index in [1.807, 2.05) is 54.7 Å². The number of oxime groups is 1. The molecule has 0 atom stereocenters. The third-order valence-electron chi connectivity index (χ3n) is 4.52. The van der Waals surface area contributed by atoms with Gasteiger partial charge >= 0.3 is 5.97 Å². The Hall–Kier alpha value is -3.51. The first kappa shape index (κ1) is 21.2. The van der Waals surface area contributed by atoms with E-state index in [-0.39, 0.29) is 6.42 Å². The zero-order valence-electron chi connectivity index (χ0n) is 16.7. The van der Waals surface area contributed by atoms with Gasteiger partial charge in [0.2, 0.25) is 0 Å². The van der Waals surface area contributed by atoms with Crippen molar-refractivity contribution in [2.75, 3.05) is 6.54 Å². The van der Waals surface area contributed by atoms with Crippen LogP contribution in [0.2, 0.25) is 0 Å². The van der Waals surface area contributed by atoms with Gasteiger partial charge in [-0.15, -0.1) is 0 Å². The maximum Gasteiger partial charge on any atom is 0.304 e. The summed E-state index contributed by atoms with van der Waals surface area (Å²) >= 11 is 0. The maximum atomic E-state index is 10.5. The molecular weight excluding hydrogens is 378 g/mol. The van der Waals surface area contributed by atoms with E-state index in [0.29, 0.717) is 26.1 Å². The van der Waals surface area contributed by atoms with Gasteiger partial charge in [0.05, 0.1) is 6.42 Å². The Morgan fingerprint density at radius 1 is 1.00 bits per heavy atom. The number of carboxylic acids is 1. The summed E-state index contributed by atoms with van der Waals surface area (Å²) in [6.07, 6.45) is 6.18. The van der Waals surface area contributed by atoms with Crippen LogP contribution in [0.4, 0.5) is 0 Å². The van der Waals surface area contributed by atoms with Gasteiger partial charge in [-0.3, -0.25) is 9.78 Å². The van der Waals surface area contributed by atoms with Crippen molar-refractivity contribution >= 4 is 12.2 Å². The van der Waals surface area contributed by atoms with E-state index in [0.717, 1.165) is 27.8 Å². The minimum Gasteiger partial charge on any atom is -0.481 e. The van der Waals surface area contributed by atoms with Crippen molar-refractivity contribution in [3.63, 3.8) is 0 Å². The standard InChI is InChI=1S/C24H25N3O3/c28-24(29)12-14-26-16-20-5-3-19(4-6-20)11-15-27-30-18-21-7-9-22(10-8-21)23-2-1-13-25-17-23/h1-10,13,15,17,26H,11-12,14,16,18H2,(H,28,29). The lowest BCUT2D eigenvalue weighted by Gasteiger charge is -2.05. The lowest BCUT2D eigenvalue weighted by atomic mass is 10.1. The molecule has 0 spiro atoms. The van der Waals surface area contributed by atoms with Crippen LogP contribution in [0.25, 0.3) is 11.1 Å². The number of hydrogen-bond donors (Lipinski definition) is 2. The molecule has 0 aliphatic heterocycles. The van der Waals surface area contributed by atoms with Crippen LogP contribution in [0.1, 0.15) is 23.1 Å². The molecule has 3 aromatic rings. The zero-order chi connectivity index (χ0) is 21.0. The van der Waals surface area contributed by atoms with Gasteiger partial charge in [-0.25, -0.2) is 0 Å². The van der Waals surface area contributed by atoms with Gasteiger partial charge in [-0.1, -0.05) is 59.8 Å². The molecule has 1 aromatic heterocycles. The molecular formula is C24H25N3O3. The zero-order valence-corrected chi connectivity index (χ0v) is 16.7. The number of aromatic nitrogens is 1. The van der Waals surface area contributed by atoms with Gasteiger partial charge in [-0.2, -0.15) is 0 Å². The summed E-state index contributed by atoms with van der Waals surface area (Å²) in [6.45, 7) is 1.54. The van der Waals surface area contributed by atoms with Crippen molar-refractivity contribution < 1.29 is 14.7 Å². The normalized spacial score (nSPS) is 10.9. The van der Waals surface area contributed by atoms with Gasteiger partial charge in [0.15, 0.2) is 0 Å². The van der Waals surface area contributed by atoms with Gasteiger partial charge in [0, 0.05) is 38.1 Å². The number of nitrogens with zero attached hydrogens (tertiary/aromatic N) is 2. The summed E-state index contributed by atoms with van der Waals surface area (Å²) in [5, 5.41) is 15.8. The highest BCUT2D eigenvalue weighted by atomic mass is 16.6. The Bertz CT molecular complexity index is 940. The number of benzene rings is 2. The molecule has 0 unspecified atom stereocenters. The smallest absolute Gasteiger partial charge is 0.304 e. The average molecular weight is 403 g/mol. The summed E-state index contributed by atoms with van der Waals surface area (Å²) < 4.78 is 0. The van der Waals surface area contributed by atoms with Gasteiger partial charge in [0.1, 0.15) is 6.61 Å². The molecule has 2 N–H and O–H groups in total. The van der Waals surface area contributed by atoms with Crippen LogP contribution in [-0.2, 0) is 29.2 Å². The number of aliphatic carboxylic acids is 1. The fraction of sp³-hybridized carbons (Fsp3) is 0.208. The second-order valence-electron chi connectivity index (χ2n) is 6.84. The van der Waals surface area contributed by atoms with E-state index in [1.165, 1.54) is 0 Å². The van der Waals surface area contributed by atoms with Crippen molar-refractivity contribution in [3.05, 3.63) is 89.7 Å². The maximum absolute atomic E-state index is 10.5. The Morgan fingerprint density at radius 3 is 2.43 bits per heavy atom. The highest BCUT2D eigenvalue weighted by Crippen LogP contribution is 2.18. The molecule has 2 aromatic carbocycles. The first-order valence-corrected chi connectivity index (χ1v) is 9.84. The van der Waals surface area contributed by atoms with Crippen LogP contribution in [0.3, 0.4) is 0 Å². The largest absolute Gasteiger partial charge is 0.481 e. The predicted molar refractivity (Wildman–Crippen MR) is 117 cm³/mol. The Kier molecular flexibility index (Phi) is 8.12. The number of hydrogen-bond acceptors (Lipinski definition) is 5. The fourth-order valence-electron chi connectivity index (χ4n) is 2.86. The monoisotopic (exact) mass is 403 g/mol. The first-order chi connectivity index (χ1) is 14.7. The minimum atomic E-state index is -0.791. The molecule has 0 amide bonds. The number of carboxylic acid groups (broad SMARTS) is 1. The Balaban J connectivity index is 1.37. The third-order valence-corrected chi connectivity index (χ3v) is 4.52. The Morgan fingerprint density at radius 2 is 1.73 bits per heavy atom. The number of rotatable bonds is 11. The topological polar surface area (TPSA) is 83.8 Å². The van der Waals surface area contributed by atoms with Crippen LogP contribution < -0.4 is 5.32 Å². The lowest BCUT2D eigenvalue weighted by Crippen LogP contribution is -2.17. The molecule has 0 fully saturated rings. The van der Waals surface area contributed by atoms with Gasteiger partial charge in [0.25, 0.3) is 0 Å². The quantitative estimate of drug-likeness (QED) is 0.287. The highest BCUT2D eigenvalue weighted by Gasteiger charge is 1.99. The molecule has 0 radical (unpaired) electrons. The lowest BCUT2D eigenvalue weighted by molar-refractivity contribution is -0.136. The second-order valence-corrected chi connectivity index (χ2v) is 6.84. The van der Waals surface area contributed by atoms with Crippen molar-refractivity contribution in [2.45, 2.75) is 26.0 Å². The predicted octanol–water partition coefficient (Wildman–Crippen LogP) is 4.06. The van der Waals surface area contributed by atoms with E-state index >= 15 is 0 Å². The van der Waals surface area contributed by atoms with Crippen molar-refractivity contribution in [1.29, 1.82) is 0 Å². The molecule has 0 saturated carbocycles. The molecule has 6 nitrogen and oxygen atoms in total. The summed E-state index contributed by atoms with van der Waals surface area (Å²) in [5.41, 5.74) is 5.52. The molecule has 0 aliphatic carbocycles. The third kappa shape index (κ3) is 7.14. The molecule has 0 bridgehead atoms. The van der Waals surface area contributed by atoms with E-state index in [2.05, 4.69) is 27.6 Å². The van der Waals surface area contributed by atoms with Crippen LogP contribution in [0.5, 0.6) is 0 Å². The van der Waals surface area contributed by atoms with E-state index in [9.17, 15) is 4.79 Å². The molecule has 0 aliphatic rings. The molecule has 6 heteroatoms. The van der Waals surface area contributed by atoms with Gasteiger partial charge < -0.3 is 15.3 Å². The summed E-state index contributed by atoms with van der Waals surface area (Å²) in [7, 11) is 0. The summed E-state index contributed by atoms with van der Waals surface area (Å²) in [5.74, 6) is -0.791. The molecule has 3 rings (SSSR count). The molecule has 1 heterocycles. The number of carbonyl (C=O) groups is 1. The highest BCUT2D eigenvalue weighted by molar-refractivity contribution is 5.66. The van der Waals surface area contributed by atoms with Crippen molar-refractivity contribution in [1.82, 2.24) is 10.3 Å². The molecule has 30 heavy (non-hydrogen) atoms. The van der Waals surface area contributed by atoms with E-state index < -0.39 is 5.97 Å². The summed E-state index contributed by atoms with van der Waals surface area (Å²) in [6, 6.07) is 20.3. The van der Waals surface area contributed by atoms with Crippen LogP contribution in [0, 0.1) is 0 Å². The summed E-state index contributed by atoms with van der Waals surface area (Å²) in [4.78, 5) is 20.0. The van der Waals surface area contributed by atoms with E-state index in [4.69, 9.17) is 9.94 Å². The average Bonchev–Trinajstić information content (AvgIpc) is 2.78. The minimum absolute atomic E-state index is 0.128. The van der Waals surface area contributed by atoms with Gasteiger partial charge in [-0.05, 0) is 33.9 Å². The molecule has 0 saturated heterocycles. The van der Waals surface area contributed by atoms with E-state index in [1.54, 1.807) is 12.4 Å².